The summed E-state index contributed by atoms with van der Waals surface area (Å²) in [6.45, 7) is 1.89. The molecule has 1 saturated carbocycles. The lowest BCUT2D eigenvalue weighted by Crippen LogP contribution is -2.26. The number of halogens is 1. The topological polar surface area (TPSA) is 75.8 Å². The lowest BCUT2D eigenvalue weighted by atomic mass is 10.1. The molecule has 1 aliphatic carbocycles. The minimum absolute atomic E-state index is 0.0103. The van der Waals surface area contributed by atoms with Gasteiger partial charge in [0.1, 0.15) is 23.3 Å². The van der Waals surface area contributed by atoms with E-state index in [2.05, 4.69) is 21.1 Å². The summed E-state index contributed by atoms with van der Waals surface area (Å²) in [5.41, 5.74) is 5.93. The van der Waals surface area contributed by atoms with Gasteiger partial charge in [-0.1, -0.05) is 0 Å². The van der Waals surface area contributed by atoms with Crippen LogP contribution in [0.3, 0.4) is 0 Å². The third-order valence-corrected chi connectivity index (χ3v) is 5.66. The largest absolute Gasteiger partial charge is 0.413 e. The van der Waals surface area contributed by atoms with Crippen LogP contribution in [0.5, 0.6) is 0 Å². The van der Waals surface area contributed by atoms with Crippen LogP contribution < -0.4 is 5.48 Å². The molecule has 5 rings (SSSR count). The molecule has 2 aliphatic rings. The van der Waals surface area contributed by atoms with Gasteiger partial charge in [0.05, 0.1) is 40.9 Å². The Labute approximate surface area is 161 Å². The summed E-state index contributed by atoms with van der Waals surface area (Å²) >= 11 is 0. The Bertz CT molecular complexity index is 1150. The zero-order valence-electron chi connectivity index (χ0n) is 15.5. The summed E-state index contributed by atoms with van der Waals surface area (Å²) in [6.07, 6.45) is 5.66. The van der Waals surface area contributed by atoms with Crippen LogP contribution in [0.4, 0.5) is 4.39 Å². The molecule has 0 amide bonds. The van der Waals surface area contributed by atoms with Gasteiger partial charge in [-0.15, -0.1) is 5.48 Å². The molecular formula is C21H20FN5O. The number of alkyl halides is 1. The summed E-state index contributed by atoms with van der Waals surface area (Å²) in [5.74, 6) is 1.64. The van der Waals surface area contributed by atoms with Gasteiger partial charge >= 0.3 is 0 Å². The van der Waals surface area contributed by atoms with Crippen LogP contribution in [0.15, 0.2) is 36.2 Å². The number of hydrogen-bond acceptors (Lipinski definition) is 5. The third kappa shape index (κ3) is 2.72. The first kappa shape index (κ1) is 17.1. The quantitative estimate of drug-likeness (QED) is 0.750. The van der Waals surface area contributed by atoms with E-state index in [4.69, 9.17) is 9.82 Å². The van der Waals surface area contributed by atoms with Crippen molar-refractivity contribution >= 4 is 21.9 Å². The first-order valence-corrected chi connectivity index (χ1v) is 9.58. The lowest BCUT2D eigenvalue weighted by molar-refractivity contribution is 0.116. The molecule has 3 atom stereocenters. The second kappa shape index (κ2) is 6.57. The molecule has 1 N–H and O–H groups in total. The Morgan fingerprint density at radius 1 is 1.36 bits per heavy atom. The van der Waals surface area contributed by atoms with Crippen molar-refractivity contribution in [3.8, 4) is 6.07 Å². The monoisotopic (exact) mass is 377 g/mol. The van der Waals surface area contributed by atoms with Gasteiger partial charge in [-0.05, 0) is 50.5 Å². The van der Waals surface area contributed by atoms with Crippen LogP contribution in [0, 0.1) is 11.3 Å². The van der Waals surface area contributed by atoms with Gasteiger partial charge < -0.3 is 9.40 Å². The maximum Gasteiger partial charge on any atom is 0.121 e. The van der Waals surface area contributed by atoms with Gasteiger partial charge in [0, 0.05) is 11.8 Å². The number of nitrogens with one attached hydrogen (secondary N) is 1. The Morgan fingerprint density at radius 2 is 2.25 bits per heavy atom. The third-order valence-electron chi connectivity index (χ3n) is 5.66. The Balaban J connectivity index is 1.74. The minimum Gasteiger partial charge on any atom is -0.413 e. The van der Waals surface area contributed by atoms with Crippen LogP contribution in [0.1, 0.15) is 43.6 Å². The Kier molecular flexibility index (Phi) is 4.02. The van der Waals surface area contributed by atoms with Crippen molar-refractivity contribution in [2.24, 2.45) is 0 Å². The van der Waals surface area contributed by atoms with Crippen molar-refractivity contribution < 1.29 is 9.23 Å². The number of nitriles is 1. The molecule has 1 fully saturated rings. The highest BCUT2D eigenvalue weighted by molar-refractivity contribution is 6.02. The van der Waals surface area contributed by atoms with Crippen LogP contribution in [-0.2, 0) is 11.3 Å². The van der Waals surface area contributed by atoms with E-state index in [1.165, 1.54) is 0 Å². The first-order valence-electron chi connectivity index (χ1n) is 9.58. The van der Waals surface area contributed by atoms with Crippen LogP contribution in [0.25, 0.3) is 21.9 Å². The summed E-state index contributed by atoms with van der Waals surface area (Å²) < 4.78 is 16.9. The maximum absolute atomic E-state index is 14.8. The number of pyridine rings is 1. The van der Waals surface area contributed by atoms with E-state index in [0.717, 1.165) is 46.4 Å². The molecule has 3 heterocycles. The van der Waals surface area contributed by atoms with E-state index in [9.17, 15) is 9.65 Å². The fraction of sp³-hybridized carbons (Fsp3) is 0.381. The molecule has 0 radical (unpaired) electrons. The van der Waals surface area contributed by atoms with E-state index in [1.54, 1.807) is 12.3 Å². The van der Waals surface area contributed by atoms with Crippen molar-refractivity contribution in [2.75, 3.05) is 0 Å². The number of allylic oxidation sites excluding steroid dienone is 1. The molecule has 1 unspecified atom stereocenters. The van der Waals surface area contributed by atoms with Crippen LogP contribution in [0.2, 0.25) is 0 Å². The van der Waals surface area contributed by atoms with E-state index >= 15 is 0 Å². The number of nitrogens with zero attached hydrogens (tertiary/aromatic N) is 4. The SMILES string of the molecule is CC1=CC(Cc2nc3cnc4ccc(C#N)cc4c3n2[C@H]2CCC[C@H]2F)NO1. The van der Waals surface area contributed by atoms with Crippen LogP contribution in [-0.4, -0.2) is 26.7 Å². The molecule has 28 heavy (non-hydrogen) atoms. The molecule has 0 saturated heterocycles. The van der Waals surface area contributed by atoms with Crippen molar-refractivity contribution in [1.29, 1.82) is 5.26 Å². The number of rotatable bonds is 3. The highest BCUT2D eigenvalue weighted by atomic mass is 19.1. The number of hydrogen-bond donors (Lipinski definition) is 1. The van der Waals surface area contributed by atoms with Crippen molar-refractivity contribution in [3.05, 3.63) is 47.6 Å². The maximum atomic E-state index is 14.8. The van der Waals surface area contributed by atoms with Crippen molar-refractivity contribution in [1.82, 2.24) is 20.0 Å². The molecule has 7 heteroatoms. The van der Waals surface area contributed by atoms with Gasteiger partial charge in [0.2, 0.25) is 0 Å². The standard InChI is InChI=1S/C21H20FN5O/c1-12-7-14(26-28-12)9-20-25-18-11-24-17-6-5-13(10-23)8-15(17)21(18)27(20)19-4-2-3-16(19)22/h5-8,11,14,16,19,26H,2-4,9H2,1H3/t14?,16-,19+/m1/s1. The molecule has 6 nitrogen and oxygen atoms in total. The van der Waals surface area contributed by atoms with Gasteiger partial charge in [-0.25, -0.2) is 9.37 Å². The van der Waals surface area contributed by atoms with Crippen molar-refractivity contribution in [3.63, 3.8) is 0 Å². The summed E-state index contributed by atoms with van der Waals surface area (Å²) in [6, 6.07) is 7.35. The highest BCUT2D eigenvalue weighted by Crippen LogP contribution is 2.38. The molecule has 3 aromatic rings. The smallest absolute Gasteiger partial charge is 0.121 e. The number of benzene rings is 1. The highest BCUT2D eigenvalue weighted by Gasteiger charge is 2.33. The zero-order chi connectivity index (χ0) is 19.3. The molecule has 142 valence electrons. The number of imidazole rings is 1. The average Bonchev–Trinajstić information content (AvgIpc) is 3.39. The van der Waals surface area contributed by atoms with E-state index in [-0.39, 0.29) is 12.1 Å². The summed E-state index contributed by atoms with van der Waals surface area (Å²) in [5, 5.41) is 10.2. The first-order chi connectivity index (χ1) is 13.6. The summed E-state index contributed by atoms with van der Waals surface area (Å²) in [7, 11) is 0. The van der Waals surface area contributed by atoms with Crippen LogP contribution >= 0.6 is 0 Å². The molecule has 1 aliphatic heterocycles. The molecule has 2 aromatic heterocycles. The van der Waals surface area contributed by atoms with E-state index < -0.39 is 6.17 Å². The number of hydroxylamine groups is 1. The fourth-order valence-electron chi connectivity index (χ4n) is 4.40. The van der Waals surface area contributed by atoms with Gasteiger partial charge in [-0.2, -0.15) is 5.26 Å². The van der Waals surface area contributed by atoms with E-state index in [0.29, 0.717) is 18.4 Å². The summed E-state index contributed by atoms with van der Waals surface area (Å²) in [4.78, 5) is 14.7. The second-order valence-corrected chi connectivity index (χ2v) is 7.56. The van der Waals surface area contributed by atoms with E-state index in [1.807, 2.05) is 25.1 Å². The van der Waals surface area contributed by atoms with Gasteiger partial charge in [0.15, 0.2) is 0 Å². The minimum atomic E-state index is -0.899. The predicted octanol–water partition coefficient (Wildman–Crippen LogP) is 3.87. The Hall–Kier alpha value is -2.98. The second-order valence-electron chi connectivity index (χ2n) is 7.56. The normalized spacial score (nSPS) is 24.5. The average molecular weight is 377 g/mol. The number of fused-ring (bicyclic) bond motifs is 3. The molecule has 0 spiro atoms. The zero-order valence-corrected chi connectivity index (χ0v) is 15.5. The fourth-order valence-corrected chi connectivity index (χ4v) is 4.40. The molecule has 0 bridgehead atoms. The Morgan fingerprint density at radius 3 is 2.96 bits per heavy atom. The molecule has 1 aromatic carbocycles. The van der Waals surface area contributed by atoms with Gasteiger partial charge in [0.25, 0.3) is 0 Å². The molecular weight excluding hydrogens is 357 g/mol. The van der Waals surface area contributed by atoms with Gasteiger partial charge in [-0.3, -0.25) is 4.98 Å². The predicted molar refractivity (Wildman–Crippen MR) is 103 cm³/mol. The number of aromatic nitrogens is 3. The van der Waals surface area contributed by atoms with Crippen molar-refractivity contribution in [2.45, 2.75) is 50.9 Å². The lowest BCUT2D eigenvalue weighted by Gasteiger charge is -2.20.